The Morgan fingerprint density at radius 1 is 1.18 bits per heavy atom. The molecule has 22 heavy (non-hydrogen) atoms. The second kappa shape index (κ2) is 8.22. The number of hydrogen-bond donors (Lipinski definition) is 2. The standard InChI is InChI=1S/C17H23NO3S/c1-12(17(20)21)22-15-11-7-6-10-14(15)16(19)18-13-8-4-2-3-5-9-13/h6-7,10-13H,2-5,8-9H2,1H3,(H,18,19)(H,20,21). The van der Waals surface area contributed by atoms with Gasteiger partial charge in [-0.15, -0.1) is 11.8 Å². The zero-order valence-corrected chi connectivity index (χ0v) is 13.7. The topological polar surface area (TPSA) is 66.4 Å². The largest absolute Gasteiger partial charge is 0.480 e. The first-order chi connectivity index (χ1) is 10.6. The number of carboxylic acid groups (broad SMARTS) is 1. The molecular weight excluding hydrogens is 298 g/mol. The molecule has 4 nitrogen and oxygen atoms in total. The Kier molecular flexibility index (Phi) is 6.31. The van der Waals surface area contributed by atoms with E-state index in [-0.39, 0.29) is 11.9 Å². The molecule has 1 unspecified atom stereocenters. The molecule has 0 saturated heterocycles. The molecule has 1 aromatic carbocycles. The number of rotatable bonds is 5. The van der Waals surface area contributed by atoms with Gasteiger partial charge in [-0.3, -0.25) is 9.59 Å². The predicted molar refractivity (Wildman–Crippen MR) is 88.4 cm³/mol. The quantitative estimate of drug-likeness (QED) is 0.641. The number of carbonyl (C=O) groups excluding carboxylic acids is 1. The molecule has 1 aliphatic rings. The number of aliphatic carboxylic acids is 1. The van der Waals surface area contributed by atoms with Crippen LogP contribution in [0.25, 0.3) is 0 Å². The van der Waals surface area contributed by atoms with Crippen molar-refractivity contribution in [3.8, 4) is 0 Å². The fraction of sp³-hybridized carbons (Fsp3) is 0.529. The highest BCUT2D eigenvalue weighted by atomic mass is 32.2. The van der Waals surface area contributed by atoms with E-state index in [9.17, 15) is 9.59 Å². The first-order valence-electron chi connectivity index (χ1n) is 7.87. The Bertz CT molecular complexity index is 524. The highest BCUT2D eigenvalue weighted by Gasteiger charge is 2.20. The van der Waals surface area contributed by atoms with Gasteiger partial charge in [0, 0.05) is 10.9 Å². The van der Waals surface area contributed by atoms with Gasteiger partial charge in [0.1, 0.15) is 5.25 Å². The minimum absolute atomic E-state index is 0.0902. The van der Waals surface area contributed by atoms with Gasteiger partial charge >= 0.3 is 5.97 Å². The SMILES string of the molecule is CC(Sc1ccccc1C(=O)NC1CCCCCC1)C(=O)O. The lowest BCUT2D eigenvalue weighted by atomic mass is 10.1. The minimum Gasteiger partial charge on any atom is -0.480 e. The number of thioether (sulfide) groups is 1. The van der Waals surface area contributed by atoms with Crippen molar-refractivity contribution < 1.29 is 14.7 Å². The van der Waals surface area contributed by atoms with Crippen LogP contribution < -0.4 is 5.32 Å². The number of carboxylic acids is 1. The molecule has 1 atom stereocenters. The molecular formula is C17H23NO3S. The van der Waals surface area contributed by atoms with Gasteiger partial charge in [-0.05, 0) is 31.9 Å². The van der Waals surface area contributed by atoms with Crippen LogP contribution in [0.1, 0.15) is 55.8 Å². The molecule has 0 spiro atoms. The van der Waals surface area contributed by atoms with Gasteiger partial charge in [0.2, 0.25) is 0 Å². The van der Waals surface area contributed by atoms with E-state index in [2.05, 4.69) is 5.32 Å². The Balaban J connectivity index is 2.06. The summed E-state index contributed by atoms with van der Waals surface area (Å²) in [6.45, 7) is 1.63. The summed E-state index contributed by atoms with van der Waals surface area (Å²) in [5.74, 6) is -0.962. The fourth-order valence-corrected chi connectivity index (χ4v) is 3.61. The summed E-state index contributed by atoms with van der Waals surface area (Å²) in [5.41, 5.74) is 0.574. The van der Waals surface area contributed by atoms with Gasteiger partial charge in [0.25, 0.3) is 5.91 Å². The molecule has 0 aliphatic heterocycles. The number of carbonyl (C=O) groups is 2. The van der Waals surface area contributed by atoms with Crippen molar-refractivity contribution in [3.05, 3.63) is 29.8 Å². The number of hydrogen-bond acceptors (Lipinski definition) is 3. The average molecular weight is 321 g/mol. The average Bonchev–Trinajstić information content (AvgIpc) is 2.76. The fourth-order valence-electron chi connectivity index (χ4n) is 2.68. The summed E-state index contributed by atoms with van der Waals surface area (Å²) in [6, 6.07) is 7.47. The summed E-state index contributed by atoms with van der Waals surface area (Å²) >= 11 is 1.21. The number of amides is 1. The molecule has 1 saturated carbocycles. The van der Waals surface area contributed by atoms with Crippen LogP contribution in [0.2, 0.25) is 0 Å². The van der Waals surface area contributed by atoms with Crippen molar-refractivity contribution in [2.24, 2.45) is 0 Å². The molecule has 1 aliphatic carbocycles. The summed E-state index contributed by atoms with van der Waals surface area (Å²) < 4.78 is 0. The van der Waals surface area contributed by atoms with E-state index in [1.807, 2.05) is 18.2 Å². The summed E-state index contributed by atoms with van der Waals surface area (Å²) in [6.07, 6.45) is 6.89. The predicted octanol–water partition coefficient (Wildman–Crippen LogP) is 3.70. The van der Waals surface area contributed by atoms with E-state index in [4.69, 9.17) is 5.11 Å². The van der Waals surface area contributed by atoms with Crippen molar-refractivity contribution >= 4 is 23.6 Å². The Morgan fingerprint density at radius 2 is 1.82 bits per heavy atom. The summed E-state index contributed by atoms with van der Waals surface area (Å²) in [5, 5.41) is 11.6. The smallest absolute Gasteiger partial charge is 0.316 e. The van der Waals surface area contributed by atoms with Crippen LogP contribution in [-0.2, 0) is 4.79 Å². The number of nitrogens with one attached hydrogen (secondary N) is 1. The number of benzene rings is 1. The van der Waals surface area contributed by atoms with E-state index < -0.39 is 11.2 Å². The first-order valence-corrected chi connectivity index (χ1v) is 8.75. The third-order valence-corrected chi connectivity index (χ3v) is 5.14. The van der Waals surface area contributed by atoms with E-state index >= 15 is 0 Å². The normalized spacial score (nSPS) is 17.5. The maximum Gasteiger partial charge on any atom is 0.316 e. The molecule has 0 heterocycles. The van der Waals surface area contributed by atoms with Gasteiger partial charge in [0.15, 0.2) is 0 Å². The zero-order valence-electron chi connectivity index (χ0n) is 12.9. The van der Waals surface area contributed by atoms with Crippen LogP contribution in [0.15, 0.2) is 29.2 Å². The highest BCUT2D eigenvalue weighted by Crippen LogP contribution is 2.27. The molecule has 0 aromatic heterocycles. The van der Waals surface area contributed by atoms with Crippen LogP contribution in [0.4, 0.5) is 0 Å². The van der Waals surface area contributed by atoms with Crippen LogP contribution in [-0.4, -0.2) is 28.3 Å². The van der Waals surface area contributed by atoms with Gasteiger partial charge < -0.3 is 10.4 Å². The summed E-state index contributed by atoms with van der Waals surface area (Å²) in [7, 11) is 0. The van der Waals surface area contributed by atoms with Crippen LogP contribution in [0, 0.1) is 0 Å². The van der Waals surface area contributed by atoms with Crippen molar-refractivity contribution in [3.63, 3.8) is 0 Å². The van der Waals surface area contributed by atoms with Crippen molar-refractivity contribution in [2.75, 3.05) is 0 Å². The Hall–Kier alpha value is -1.49. The second-order valence-electron chi connectivity index (χ2n) is 5.76. The molecule has 2 rings (SSSR count). The lowest BCUT2D eigenvalue weighted by Gasteiger charge is -2.18. The molecule has 120 valence electrons. The molecule has 0 bridgehead atoms. The molecule has 5 heteroatoms. The van der Waals surface area contributed by atoms with Crippen molar-refractivity contribution in [2.45, 2.75) is 61.6 Å². The van der Waals surface area contributed by atoms with Gasteiger partial charge in [-0.2, -0.15) is 0 Å². The van der Waals surface area contributed by atoms with E-state index in [1.165, 1.54) is 24.6 Å². The molecule has 1 aromatic rings. The Labute approximate surface area is 135 Å². The molecule has 2 N–H and O–H groups in total. The Morgan fingerprint density at radius 3 is 2.45 bits per heavy atom. The third kappa shape index (κ3) is 4.77. The van der Waals surface area contributed by atoms with E-state index in [0.717, 1.165) is 30.6 Å². The molecule has 1 amide bonds. The summed E-state index contributed by atoms with van der Waals surface area (Å²) in [4.78, 5) is 24.3. The molecule has 0 radical (unpaired) electrons. The minimum atomic E-state index is -0.871. The second-order valence-corrected chi connectivity index (χ2v) is 7.14. The lowest BCUT2D eigenvalue weighted by molar-refractivity contribution is -0.136. The van der Waals surface area contributed by atoms with Crippen molar-refractivity contribution in [1.82, 2.24) is 5.32 Å². The van der Waals surface area contributed by atoms with Gasteiger partial charge in [-0.25, -0.2) is 0 Å². The van der Waals surface area contributed by atoms with E-state index in [1.54, 1.807) is 13.0 Å². The highest BCUT2D eigenvalue weighted by molar-refractivity contribution is 8.00. The first kappa shape index (κ1) is 16.9. The maximum absolute atomic E-state index is 12.5. The van der Waals surface area contributed by atoms with E-state index in [0.29, 0.717) is 5.56 Å². The lowest BCUT2D eigenvalue weighted by Crippen LogP contribution is -2.34. The van der Waals surface area contributed by atoms with Gasteiger partial charge in [-0.1, -0.05) is 37.8 Å². The van der Waals surface area contributed by atoms with Crippen LogP contribution >= 0.6 is 11.8 Å². The monoisotopic (exact) mass is 321 g/mol. The third-order valence-electron chi connectivity index (χ3n) is 3.97. The van der Waals surface area contributed by atoms with Crippen molar-refractivity contribution in [1.29, 1.82) is 0 Å². The van der Waals surface area contributed by atoms with Crippen LogP contribution in [0.5, 0.6) is 0 Å². The maximum atomic E-state index is 12.5. The van der Waals surface area contributed by atoms with Gasteiger partial charge in [0.05, 0.1) is 5.56 Å². The van der Waals surface area contributed by atoms with Crippen LogP contribution in [0.3, 0.4) is 0 Å². The zero-order chi connectivity index (χ0) is 15.9. The molecule has 1 fully saturated rings.